The molecule has 0 aliphatic heterocycles. The Hall–Kier alpha value is -2.76. The maximum absolute atomic E-state index is 13.6. The minimum absolute atomic E-state index is 0.0949. The number of oxazole rings is 1. The highest BCUT2D eigenvalue weighted by atomic mass is 19.1. The lowest BCUT2D eigenvalue weighted by Crippen LogP contribution is -1.94. The Bertz CT molecular complexity index is 782. The minimum atomic E-state index is -1.05. The van der Waals surface area contributed by atoms with Crippen LogP contribution in [-0.4, -0.2) is 21.0 Å². The summed E-state index contributed by atoms with van der Waals surface area (Å²) in [5.41, 5.74) is 1.05. The van der Waals surface area contributed by atoms with E-state index in [4.69, 9.17) is 9.52 Å². The van der Waals surface area contributed by atoms with Crippen LogP contribution in [-0.2, 0) is 0 Å². The highest BCUT2D eigenvalue weighted by Gasteiger charge is 2.13. The lowest BCUT2D eigenvalue weighted by Gasteiger charge is -1.94. The molecule has 0 bridgehead atoms. The van der Waals surface area contributed by atoms with E-state index in [1.54, 1.807) is 0 Å². The predicted octanol–water partition coefficient (Wildman–Crippen LogP) is 2.73. The summed E-state index contributed by atoms with van der Waals surface area (Å²) in [6.07, 6.45) is 2.49. The normalized spacial score (nSPS) is 10.8. The number of rotatable bonds is 2. The largest absolute Gasteiger partial charge is 0.478 e. The first-order valence-electron chi connectivity index (χ1n) is 5.39. The number of hydrogen-bond acceptors (Lipinski definition) is 4. The molecule has 0 atom stereocenters. The van der Waals surface area contributed by atoms with Crippen LogP contribution < -0.4 is 0 Å². The molecule has 0 saturated carbocycles. The first-order chi connectivity index (χ1) is 9.15. The number of aromatic nitrogens is 2. The quantitative estimate of drug-likeness (QED) is 0.764. The molecule has 6 heteroatoms. The number of carbonyl (C=O) groups is 1. The van der Waals surface area contributed by atoms with E-state index >= 15 is 0 Å². The summed E-state index contributed by atoms with van der Waals surface area (Å²) in [5, 5.41) is 8.89. The second kappa shape index (κ2) is 4.16. The molecule has 0 aliphatic carbocycles. The maximum atomic E-state index is 13.6. The van der Waals surface area contributed by atoms with Crippen LogP contribution in [0, 0.1) is 5.82 Å². The fourth-order valence-electron chi connectivity index (χ4n) is 1.72. The lowest BCUT2D eigenvalue weighted by atomic mass is 10.2. The first-order valence-corrected chi connectivity index (χ1v) is 5.39. The first kappa shape index (κ1) is 11.3. The summed E-state index contributed by atoms with van der Waals surface area (Å²) in [6.45, 7) is 0. The summed E-state index contributed by atoms with van der Waals surface area (Å²) < 4.78 is 19.0. The van der Waals surface area contributed by atoms with Gasteiger partial charge < -0.3 is 9.52 Å². The zero-order valence-corrected chi connectivity index (χ0v) is 9.50. The topological polar surface area (TPSA) is 76.2 Å². The van der Waals surface area contributed by atoms with Crippen molar-refractivity contribution in [1.82, 2.24) is 9.97 Å². The van der Waals surface area contributed by atoms with E-state index < -0.39 is 11.8 Å². The summed E-state index contributed by atoms with van der Waals surface area (Å²) >= 11 is 0. The van der Waals surface area contributed by atoms with Gasteiger partial charge in [-0.1, -0.05) is 0 Å². The fraction of sp³-hybridized carbons (Fsp3) is 0. The average Bonchev–Trinajstić information content (AvgIpc) is 2.81. The fourth-order valence-corrected chi connectivity index (χ4v) is 1.72. The summed E-state index contributed by atoms with van der Waals surface area (Å²) in [6, 6.07) is 5.72. The second-order valence-electron chi connectivity index (χ2n) is 3.86. The Balaban J connectivity index is 2.17. The summed E-state index contributed by atoms with van der Waals surface area (Å²) in [7, 11) is 0. The van der Waals surface area contributed by atoms with Gasteiger partial charge in [-0.25, -0.2) is 14.2 Å². The molecule has 19 heavy (non-hydrogen) atoms. The van der Waals surface area contributed by atoms with Crippen LogP contribution in [0.25, 0.3) is 22.6 Å². The number of aromatic carboxylic acids is 1. The van der Waals surface area contributed by atoms with Crippen molar-refractivity contribution in [1.29, 1.82) is 0 Å². The minimum Gasteiger partial charge on any atom is -0.478 e. The van der Waals surface area contributed by atoms with Gasteiger partial charge in [-0.05, 0) is 24.3 Å². The number of nitrogens with zero attached hydrogens (tertiary/aromatic N) is 2. The van der Waals surface area contributed by atoms with E-state index in [9.17, 15) is 9.18 Å². The van der Waals surface area contributed by atoms with Crippen LogP contribution >= 0.6 is 0 Å². The highest BCUT2D eigenvalue weighted by molar-refractivity contribution is 5.92. The van der Waals surface area contributed by atoms with Crippen molar-refractivity contribution in [2.75, 3.05) is 0 Å². The van der Waals surface area contributed by atoms with Crippen molar-refractivity contribution in [2.45, 2.75) is 0 Å². The molecular formula is C13H7FN2O3. The van der Waals surface area contributed by atoms with Gasteiger partial charge in [0.05, 0.1) is 17.3 Å². The van der Waals surface area contributed by atoms with E-state index in [0.29, 0.717) is 11.1 Å². The van der Waals surface area contributed by atoms with Gasteiger partial charge in [-0.3, -0.25) is 4.98 Å². The van der Waals surface area contributed by atoms with Crippen LogP contribution in [0.5, 0.6) is 0 Å². The maximum Gasteiger partial charge on any atom is 0.335 e. The van der Waals surface area contributed by atoms with Gasteiger partial charge in [0.2, 0.25) is 5.89 Å². The molecule has 2 aromatic heterocycles. The van der Waals surface area contributed by atoms with Crippen molar-refractivity contribution in [3.05, 3.63) is 48.0 Å². The van der Waals surface area contributed by atoms with Crippen LogP contribution in [0.15, 0.2) is 41.1 Å². The Morgan fingerprint density at radius 2 is 2.16 bits per heavy atom. The molecular weight excluding hydrogens is 251 g/mol. The molecule has 0 fully saturated rings. The zero-order valence-electron chi connectivity index (χ0n) is 9.50. The zero-order chi connectivity index (χ0) is 13.4. The van der Waals surface area contributed by atoms with E-state index in [-0.39, 0.29) is 17.0 Å². The van der Waals surface area contributed by atoms with Crippen LogP contribution in [0.3, 0.4) is 0 Å². The molecule has 1 N–H and O–H groups in total. The number of fused-ring (bicyclic) bond motifs is 1. The van der Waals surface area contributed by atoms with Gasteiger partial charge in [-0.15, -0.1) is 0 Å². The Labute approximate surface area is 106 Å². The highest BCUT2D eigenvalue weighted by Crippen LogP contribution is 2.26. The molecule has 94 valence electrons. The van der Waals surface area contributed by atoms with Gasteiger partial charge >= 0.3 is 5.97 Å². The van der Waals surface area contributed by atoms with E-state index in [2.05, 4.69) is 9.97 Å². The lowest BCUT2D eigenvalue weighted by molar-refractivity contribution is 0.0697. The molecule has 3 aromatic rings. The number of carboxylic acid groups (broad SMARTS) is 1. The van der Waals surface area contributed by atoms with E-state index in [1.165, 1.54) is 30.5 Å². The third-order valence-corrected chi connectivity index (χ3v) is 2.64. The number of pyridine rings is 1. The molecule has 0 radical (unpaired) electrons. The van der Waals surface area contributed by atoms with Gasteiger partial charge in [0, 0.05) is 6.20 Å². The Morgan fingerprint density at radius 3 is 2.89 bits per heavy atom. The Morgan fingerprint density at radius 1 is 1.32 bits per heavy atom. The summed E-state index contributed by atoms with van der Waals surface area (Å²) in [4.78, 5) is 18.6. The molecule has 5 nitrogen and oxygen atoms in total. The molecule has 2 heterocycles. The molecule has 0 unspecified atom stereocenters. The van der Waals surface area contributed by atoms with Crippen molar-refractivity contribution in [2.24, 2.45) is 0 Å². The number of hydrogen-bond donors (Lipinski definition) is 1. The Kier molecular flexibility index (Phi) is 2.49. The molecule has 3 rings (SSSR count). The molecule has 0 spiro atoms. The number of halogens is 1. The second-order valence-corrected chi connectivity index (χ2v) is 3.86. The average molecular weight is 258 g/mol. The number of carboxylic acids is 1. The third-order valence-electron chi connectivity index (χ3n) is 2.64. The van der Waals surface area contributed by atoms with Crippen molar-refractivity contribution in [3.63, 3.8) is 0 Å². The molecule has 0 aliphatic rings. The SMILES string of the molecule is O=C(O)c1ccc2oc(-c3ccncc3F)nc2c1. The van der Waals surface area contributed by atoms with Crippen molar-refractivity contribution in [3.8, 4) is 11.5 Å². The predicted molar refractivity (Wildman–Crippen MR) is 64.2 cm³/mol. The van der Waals surface area contributed by atoms with Gasteiger partial charge in [0.15, 0.2) is 11.4 Å². The van der Waals surface area contributed by atoms with E-state index in [0.717, 1.165) is 6.20 Å². The molecule has 1 aromatic carbocycles. The molecule has 0 saturated heterocycles. The van der Waals surface area contributed by atoms with Crippen LogP contribution in [0.2, 0.25) is 0 Å². The third kappa shape index (κ3) is 1.93. The smallest absolute Gasteiger partial charge is 0.335 e. The summed E-state index contributed by atoms with van der Waals surface area (Å²) in [5.74, 6) is -1.51. The van der Waals surface area contributed by atoms with Gasteiger partial charge in [0.1, 0.15) is 5.52 Å². The monoisotopic (exact) mass is 258 g/mol. The van der Waals surface area contributed by atoms with Crippen LogP contribution in [0.4, 0.5) is 4.39 Å². The van der Waals surface area contributed by atoms with Crippen molar-refractivity contribution < 1.29 is 18.7 Å². The molecule has 0 amide bonds. The van der Waals surface area contributed by atoms with Crippen molar-refractivity contribution >= 4 is 17.1 Å². The standard InChI is InChI=1S/C13H7FN2O3/c14-9-6-15-4-3-8(9)12-16-10-5-7(13(17)18)1-2-11(10)19-12/h1-6H,(H,17,18). The van der Waals surface area contributed by atoms with Gasteiger partial charge in [-0.2, -0.15) is 0 Å². The van der Waals surface area contributed by atoms with E-state index in [1.807, 2.05) is 0 Å². The number of benzene rings is 1. The van der Waals surface area contributed by atoms with Crippen LogP contribution in [0.1, 0.15) is 10.4 Å². The van der Waals surface area contributed by atoms with Gasteiger partial charge in [0.25, 0.3) is 0 Å².